The number of carbonyl (C=O) groups is 1. The summed E-state index contributed by atoms with van der Waals surface area (Å²) in [6.45, 7) is 1.05. The van der Waals surface area contributed by atoms with Gasteiger partial charge in [-0.3, -0.25) is 4.79 Å². The van der Waals surface area contributed by atoms with Crippen molar-refractivity contribution in [2.75, 3.05) is 13.1 Å². The van der Waals surface area contributed by atoms with E-state index in [2.05, 4.69) is 6.07 Å². The Balaban J connectivity index is 1.51. The van der Waals surface area contributed by atoms with Gasteiger partial charge < -0.3 is 10.0 Å². The fourth-order valence-corrected chi connectivity index (χ4v) is 6.81. The van der Waals surface area contributed by atoms with Crippen molar-refractivity contribution < 1.29 is 14.3 Å². The van der Waals surface area contributed by atoms with Crippen molar-refractivity contribution in [1.82, 2.24) is 4.90 Å². The minimum absolute atomic E-state index is 0.0464. The number of nitriles is 1. The summed E-state index contributed by atoms with van der Waals surface area (Å²) in [7, 11) is 0. The van der Waals surface area contributed by atoms with Crippen molar-refractivity contribution in [3.05, 3.63) is 35.6 Å². The van der Waals surface area contributed by atoms with E-state index in [-0.39, 0.29) is 34.9 Å². The lowest BCUT2D eigenvalue weighted by Crippen LogP contribution is -2.63. The largest absolute Gasteiger partial charge is 0.390 e. The van der Waals surface area contributed by atoms with Crippen LogP contribution in [0, 0.1) is 40.8 Å². The van der Waals surface area contributed by atoms with Gasteiger partial charge in [0.05, 0.1) is 17.6 Å². The van der Waals surface area contributed by atoms with Gasteiger partial charge in [0.25, 0.3) is 0 Å². The van der Waals surface area contributed by atoms with Crippen molar-refractivity contribution in [1.29, 1.82) is 5.26 Å². The lowest BCUT2D eigenvalue weighted by Gasteiger charge is -2.64. The monoisotopic (exact) mass is 368 g/mol. The highest BCUT2D eigenvalue weighted by Crippen LogP contribution is 2.65. The van der Waals surface area contributed by atoms with E-state index in [0.29, 0.717) is 25.4 Å². The van der Waals surface area contributed by atoms with Crippen molar-refractivity contribution in [3.8, 4) is 6.07 Å². The number of amides is 1. The quantitative estimate of drug-likeness (QED) is 0.892. The number of carbonyl (C=O) groups excluding carboxylic acids is 1. The van der Waals surface area contributed by atoms with Crippen LogP contribution < -0.4 is 0 Å². The van der Waals surface area contributed by atoms with E-state index in [1.54, 1.807) is 4.90 Å². The third kappa shape index (κ3) is 2.53. The van der Waals surface area contributed by atoms with Gasteiger partial charge in [-0.1, -0.05) is 12.1 Å². The van der Waals surface area contributed by atoms with Crippen molar-refractivity contribution in [2.24, 2.45) is 23.7 Å². The molecule has 4 aliphatic carbocycles. The second kappa shape index (κ2) is 5.78. The van der Waals surface area contributed by atoms with Gasteiger partial charge in [0.15, 0.2) is 0 Å². The predicted octanol–water partition coefficient (Wildman–Crippen LogP) is 3.01. The predicted molar refractivity (Wildman–Crippen MR) is 96.9 cm³/mol. The van der Waals surface area contributed by atoms with Crippen molar-refractivity contribution in [3.63, 3.8) is 0 Å². The molecule has 1 saturated heterocycles. The summed E-state index contributed by atoms with van der Waals surface area (Å²) in [6.07, 6.45) is 4.88. The van der Waals surface area contributed by atoms with Crippen LogP contribution in [0.15, 0.2) is 24.3 Å². The molecule has 2 unspecified atom stereocenters. The third-order valence-corrected chi connectivity index (χ3v) is 7.86. The van der Waals surface area contributed by atoms with E-state index in [1.807, 2.05) is 12.1 Å². The Morgan fingerprint density at radius 2 is 1.81 bits per heavy atom. The molecule has 4 nitrogen and oxygen atoms in total. The van der Waals surface area contributed by atoms with E-state index in [9.17, 15) is 14.3 Å². The molecule has 4 saturated carbocycles. The lowest BCUT2D eigenvalue weighted by atomic mass is 9.41. The summed E-state index contributed by atoms with van der Waals surface area (Å²) in [5, 5.41) is 20.0. The van der Waals surface area contributed by atoms with Crippen LogP contribution in [-0.4, -0.2) is 34.6 Å². The zero-order valence-corrected chi connectivity index (χ0v) is 15.4. The smallest absolute Gasteiger partial charge is 0.223 e. The zero-order chi connectivity index (χ0) is 18.8. The Hall–Kier alpha value is -1.93. The molecule has 2 atom stereocenters. The van der Waals surface area contributed by atoms with Crippen LogP contribution in [0.4, 0.5) is 4.39 Å². The van der Waals surface area contributed by atoms with Crippen LogP contribution in [0.25, 0.3) is 0 Å². The molecule has 27 heavy (non-hydrogen) atoms. The first kappa shape index (κ1) is 17.2. The number of aliphatic hydroxyl groups is 1. The maximum absolute atomic E-state index is 13.6. The zero-order valence-electron chi connectivity index (χ0n) is 15.4. The molecule has 5 aliphatic rings. The highest BCUT2D eigenvalue weighted by molar-refractivity contribution is 5.79. The summed E-state index contributed by atoms with van der Waals surface area (Å²) in [4.78, 5) is 14.9. The van der Waals surface area contributed by atoms with Gasteiger partial charge in [-0.05, 0) is 67.6 Å². The first-order valence-corrected chi connectivity index (χ1v) is 10.1. The molecule has 4 bridgehead atoms. The van der Waals surface area contributed by atoms with Crippen LogP contribution in [0.3, 0.4) is 0 Å². The number of likely N-dealkylation sites (tertiary alicyclic amines) is 1. The number of hydrogen-bond donors (Lipinski definition) is 1. The first-order valence-electron chi connectivity index (χ1n) is 10.1. The number of halogens is 1. The Kier molecular flexibility index (Phi) is 3.68. The topological polar surface area (TPSA) is 64.3 Å². The maximum Gasteiger partial charge on any atom is 0.223 e. The Labute approximate surface area is 159 Å². The Bertz CT molecular complexity index is 793. The molecule has 1 N–H and O–H groups in total. The van der Waals surface area contributed by atoms with Crippen LogP contribution in [-0.2, 0) is 10.2 Å². The lowest BCUT2D eigenvalue weighted by molar-refractivity contribution is -0.173. The maximum atomic E-state index is 13.6. The standard InChI is InChI=1S/C22H25FN2O2/c23-19-3-1-16(2-4-19)22(10-20(26)25-12-15(11-24)13-25)17-5-14-6-18(22)9-21(27,7-14)8-17/h1-4,14-15,17-18,27H,5-10,12-13H2/t14-,17?,18?,21?,22+. The summed E-state index contributed by atoms with van der Waals surface area (Å²) in [5.41, 5.74) is 0.157. The molecule has 0 aromatic heterocycles. The van der Waals surface area contributed by atoms with Gasteiger partial charge in [-0.25, -0.2) is 4.39 Å². The van der Waals surface area contributed by atoms with Crippen molar-refractivity contribution in [2.45, 2.75) is 49.5 Å². The Morgan fingerprint density at radius 1 is 1.19 bits per heavy atom. The minimum atomic E-state index is -0.578. The van der Waals surface area contributed by atoms with Crippen LogP contribution >= 0.6 is 0 Å². The van der Waals surface area contributed by atoms with E-state index < -0.39 is 5.60 Å². The summed E-state index contributed by atoms with van der Waals surface area (Å²) < 4.78 is 13.6. The summed E-state index contributed by atoms with van der Waals surface area (Å²) in [5.74, 6) is 0.859. The fourth-order valence-electron chi connectivity index (χ4n) is 6.81. The number of hydrogen-bond acceptors (Lipinski definition) is 3. The second-order valence-corrected chi connectivity index (χ2v) is 9.42. The normalized spacial score (nSPS) is 39.9. The number of benzene rings is 1. The minimum Gasteiger partial charge on any atom is -0.390 e. The SMILES string of the molecule is N#CC1CN(C(=O)C[C@]2(c3ccc(F)cc3)C3CC4(O)CC2C[C@@H](C3)C4)C1. The Morgan fingerprint density at radius 3 is 2.37 bits per heavy atom. The molecule has 0 radical (unpaired) electrons. The van der Waals surface area contributed by atoms with Crippen LogP contribution in [0.2, 0.25) is 0 Å². The number of rotatable bonds is 3. The molecular formula is C22H25FN2O2. The molecule has 1 amide bonds. The van der Waals surface area contributed by atoms with Crippen LogP contribution in [0.5, 0.6) is 0 Å². The van der Waals surface area contributed by atoms with E-state index in [1.165, 1.54) is 12.1 Å². The summed E-state index contributed by atoms with van der Waals surface area (Å²) in [6, 6.07) is 8.92. The average molecular weight is 368 g/mol. The molecular weight excluding hydrogens is 343 g/mol. The van der Waals surface area contributed by atoms with Gasteiger partial charge in [0.2, 0.25) is 5.91 Å². The van der Waals surface area contributed by atoms with E-state index in [0.717, 1.165) is 37.7 Å². The molecule has 0 spiro atoms. The highest BCUT2D eigenvalue weighted by Gasteiger charge is 2.63. The van der Waals surface area contributed by atoms with Crippen LogP contribution in [0.1, 0.15) is 44.1 Å². The molecule has 1 aromatic rings. The van der Waals surface area contributed by atoms with E-state index >= 15 is 0 Å². The fraction of sp³-hybridized carbons (Fsp3) is 0.636. The van der Waals surface area contributed by atoms with Gasteiger partial charge in [-0.2, -0.15) is 5.26 Å². The highest BCUT2D eigenvalue weighted by atomic mass is 19.1. The number of nitrogens with zero attached hydrogens (tertiary/aromatic N) is 2. The van der Waals surface area contributed by atoms with Gasteiger partial charge in [0, 0.05) is 24.9 Å². The van der Waals surface area contributed by atoms with Gasteiger partial charge in [-0.15, -0.1) is 0 Å². The van der Waals surface area contributed by atoms with Gasteiger partial charge in [0.1, 0.15) is 5.82 Å². The molecule has 6 rings (SSSR count). The molecule has 1 aliphatic heterocycles. The molecule has 142 valence electrons. The molecule has 5 heteroatoms. The van der Waals surface area contributed by atoms with Gasteiger partial charge >= 0.3 is 0 Å². The summed E-state index contributed by atoms with van der Waals surface area (Å²) >= 11 is 0. The molecule has 1 heterocycles. The second-order valence-electron chi connectivity index (χ2n) is 9.42. The average Bonchev–Trinajstić information content (AvgIpc) is 2.57. The molecule has 1 aromatic carbocycles. The van der Waals surface area contributed by atoms with Crippen molar-refractivity contribution >= 4 is 5.91 Å². The third-order valence-electron chi connectivity index (χ3n) is 7.86. The van der Waals surface area contributed by atoms with E-state index in [4.69, 9.17) is 5.26 Å². The first-order chi connectivity index (χ1) is 12.9. The molecule has 5 fully saturated rings.